The molecule has 0 saturated heterocycles. The highest BCUT2D eigenvalue weighted by Gasteiger charge is 2.27. The van der Waals surface area contributed by atoms with Gasteiger partial charge in [0.15, 0.2) is 0 Å². The summed E-state index contributed by atoms with van der Waals surface area (Å²) in [5.41, 5.74) is 0. The summed E-state index contributed by atoms with van der Waals surface area (Å²) in [6.45, 7) is 1.57. The van der Waals surface area contributed by atoms with Crippen molar-refractivity contribution < 1.29 is 17.9 Å². The number of aryl methyl sites for hydroxylation is 2. The molecule has 16 heavy (non-hydrogen) atoms. The van der Waals surface area contributed by atoms with Crippen LogP contribution in [-0.2, 0) is 17.7 Å². The molecule has 6 heteroatoms. The summed E-state index contributed by atoms with van der Waals surface area (Å²) in [6, 6.07) is 0. The van der Waals surface area contributed by atoms with Crippen molar-refractivity contribution in [1.82, 2.24) is 9.55 Å². The van der Waals surface area contributed by atoms with Gasteiger partial charge in [-0.05, 0) is 6.42 Å². The van der Waals surface area contributed by atoms with E-state index in [2.05, 4.69) is 9.72 Å². The Labute approximate surface area is 92.2 Å². The van der Waals surface area contributed by atoms with Gasteiger partial charge in [-0.2, -0.15) is 13.2 Å². The molecule has 1 heterocycles. The maximum absolute atomic E-state index is 11.7. The number of imidazole rings is 1. The van der Waals surface area contributed by atoms with Crippen LogP contribution in [0.2, 0.25) is 0 Å². The zero-order valence-electron chi connectivity index (χ0n) is 9.13. The summed E-state index contributed by atoms with van der Waals surface area (Å²) in [7, 11) is 0. The molecule has 0 amide bonds. The number of rotatable bonds is 6. The fourth-order valence-electron chi connectivity index (χ4n) is 1.38. The van der Waals surface area contributed by atoms with Crippen LogP contribution in [0, 0.1) is 0 Å². The van der Waals surface area contributed by atoms with Crippen LogP contribution in [0.4, 0.5) is 13.2 Å². The lowest BCUT2D eigenvalue weighted by Crippen LogP contribution is -2.18. The molecule has 0 aliphatic heterocycles. The van der Waals surface area contributed by atoms with Crippen LogP contribution in [0.3, 0.4) is 0 Å². The number of nitrogens with zero attached hydrogens (tertiary/aromatic N) is 2. The summed E-state index contributed by atoms with van der Waals surface area (Å²) in [5.74, 6) is 0.941. The third-order valence-electron chi connectivity index (χ3n) is 2.07. The largest absolute Gasteiger partial charge is 0.411 e. The van der Waals surface area contributed by atoms with Gasteiger partial charge in [-0.25, -0.2) is 4.98 Å². The van der Waals surface area contributed by atoms with Gasteiger partial charge in [-0.15, -0.1) is 0 Å². The van der Waals surface area contributed by atoms with E-state index in [1.165, 1.54) is 0 Å². The molecule has 0 fully saturated rings. The van der Waals surface area contributed by atoms with Gasteiger partial charge in [-0.1, -0.05) is 6.92 Å². The predicted molar refractivity (Wildman–Crippen MR) is 53.1 cm³/mol. The van der Waals surface area contributed by atoms with E-state index >= 15 is 0 Å². The van der Waals surface area contributed by atoms with E-state index in [0.717, 1.165) is 12.2 Å². The molecule has 0 atom stereocenters. The average molecular weight is 236 g/mol. The first-order valence-corrected chi connectivity index (χ1v) is 5.17. The predicted octanol–water partition coefficient (Wildman–Crippen LogP) is 2.41. The van der Waals surface area contributed by atoms with Crippen molar-refractivity contribution >= 4 is 0 Å². The van der Waals surface area contributed by atoms with E-state index in [-0.39, 0.29) is 6.61 Å². The number of hydrogen-bond acceptors (Lipinski definition) is 2. The molecular weight excluding hydrogens is 221 g/mol. The Hall–Kier alpha value is -1.04. The third-order valence-corrected chi connectivity index (χ3v) is 2.07. The van der Waals surface area contributed by atoms with E-state index in [9.17, 15) is 13.2 Å². The van der Waals surface area contributed by atoms with Gasteiger partial charge in [0.1, 0.15) is 12.4 Å². The molecule has 0 bridgehead atoms. The lowest BCUT2D eigenvalue weighted by Gasteiger charge is -2.08. The minimum atomic E-state index is -4.23. The quantitative estimate of drug-likeness (QED) is 0.709. The maximum Gasteiger partial charge on any atom is 0.411 e. The van der Waals surface area contributed by atoms with E-state index in [1.807, 2.05) is 17.7 Å². The van der Waals surface area contributed by atoms with Gasteiger partial charge >= 0.3 is 6.18 Å². The van der Waals surface area contributed by atoms with E-state index < -0.39 is 12.8 Å². The van der Waals surface area contributed by atoms with Crippen molar-refractivity contribution in [2.45, 2.75) is 32.5 Å². The zero-order chi connectivity index (χ0) is 12.0. The molecule has 0 aliphatic carbocycles. The summed E-state index contributed by atoms with van der Waals surface area (Å²) in [6.07, 6.45) is 0.650. The minimum Gasteiger partial charge on any atom is -0.372 e. The molecule has 92 valence electrons. The van der Waals surface area contributed by atoms with E-state index in [0.29, 0.717) is 13.0 Å². The Kier molecular flexibility index (Phi) is 4.79. The van der Waals surface area contributed by atoms with Gasteiger partial charge < -0.3 is 9.30 Å². The number of halogens is 3. The highest BCUT2D eigenvalue weighted by Crippen LogP contribution is 2.14. The number of ether oxygens (including phenoxy) is 1. The monoisotopic (exact) mass is 236 g/mol. The molecule has 0 aromatic carbocycles. The Morgan fingerprint density at radius 1 is 1.44 bits per heavy atom. The topological polar surface area (TPSA) is 27.1 Å². The number of hydrogen-bond donors (Lipinski definition) is 0. The highest BCUT2D eigenvalue weighted by molar-refractivity contribution is 4.91. The molecule has 1 aromatic heterocycles. The fraction of sp³-hybridized carbons (Fsp3) is 0.700. The van der Waals surface area contributed by atoms with Gasteiger partial charge in [0.05, 0.1) is 0 Å². The van der Waals surface area contributed by atoms with Crippen molar-refractivity contribution in [3.05, 3.63) is 18.2 Å². The average Bonchev–Trinajstić information content (AvgIpc) is 2.63. The first-order chi connectivity index (χ1) is 7.53. The molecule has 0 aliphatic rings. The second-order valence-electron chi connectivity index (χ2n) is 3.41. The Bertz CT molecular complexity index is 309. The molecule has 0 radical (unpaired) electrons. The van der Waals surface area contributed by atoms with Gasteiger partial charge in [-0.3, -0.25) is 0 Å². The van der Waals surface area contributed by atoms with Crippen LogP contribution in [-0.4, -0.2) is 28.9 Å². The van der Waals surface area contributed by atoms with Crippen molar-refractivity contribution in [1.29, 1.82) is 0 Å². The smallest absolute Gasteiger partial charge is 0.372 e. The van der Waals surface area contributed by atoms with Crippen molar-refractivity contribution in [3.63, 3.8) is 0 Å². The van der Waals surface area contributed by atoms with Crippen molar-refractivity contribution in [2.24, 2.45) is 0 Å². The molecule has 1 aromatic rings. The molecule has 3 nitrogen and oxygen atoms in total. The Morgan fingerprint density at radius 2 is 2.19 bits per heavy atom. The van der Waals surface area contributed by atoms with Gasteiger partial charge in [0.25, 0.3) is 0 Å². The molecule has 0 unspecified atom stereocenters. The van der Waals surface area contributed by atoms with Crippen molar-refractivity contribution in [3.8, 4) is 0 Å². The van der Waals surface area contributed by atoms with Crippen LogP contribution in [0.15, 0.2) is 12.4 Å². The van der Waals surface area contributed by atoms with Crippen LogP contribution < -0.4 is 0 Å². The lowest BCUT2D eigenvalue weighted by atomic mass is 10.4. The summed E-state index contributed by atoms with van der Waals surface area (Å²) < 4.78 is 41.6. The molecule has 0 N–H and O–H groups in total. The highest BCUT2D eigenvalue weighted by atomic mass is 19.4. The number of alkyl halides is 3. The zero-order valence-corrected chi connectivity index (χ0v) is 9.13. The molecule has 1 rings (SSSR count). The van der Waals surface area contributed by atoms with Crippen LogP contribution in [0.1, 0.15) is 19.2 Å². The Balaban J connectivity index is 2.16. The third kappa shape index (κ3) is 4.65. The SMILES string of the molecule is CCc1nccn1CCCOCC(F)(F)F. The van der Waals surface area contributed by atoms with Gasteiger partial charge in [0.2, 0.25) is 0 Å². The molecular formula is C10H15F3N2O. The summed E-state index contributed by atoms with van der Waals surface area (Å²) >= 11 is 0. The van der Waals surface area contributed by atoms with Crippen LogP contribution >= 0.6 is 0 Å². The fourth-order valence-corrected chi connectivity index (χ4v) is 1.38. The van der Waals surface area contributed by atoms with Crippen LogP contribution in [0.5, 0.6) is 0 Å². The summed E-state index contributed by atoms with van der Waals surface area (Å²) in [5, 5.41) is 0. The van der Waals surface area contributed by atoms with E-state index in [1.54, 1.807) is 6.20 Å². The lowest BCUT2D eigenvalue weighted by molar-refractivity contribution is -0.174. The van der Waals surface area contributed by atoms with Gasteiger partial charge in [0, 0.05) is 32.0 Å². The minimum absolute atomic E-state index is 0.112. The maximum atomic E-state index is 11.7. The number of aromatic nitrogens is 2. The normalized spacial score (nSPS) is 12.0. The first kappa shape index (κ1) is 13.0. The van der Waals surface area contributed by atoms with Crippen LogP contribution in [0.25, 0.3) is 0 Å². The second-order valence-corrected chi connectivity index (χ2v) is 3.41. The summed E-state index contributed by atoms with van der Waals surface area (Å²) in [4.78, 5) is 4.11. The van der Waals surface area contributed by atoms with Crippen molar-refractivity contribution in [2.75, 3.05) is 13.2 Å². The Morgan fingerprint density at radius 3 is 2.81 bits per heavy atom. The molecule has 0 saturated carbocycles. The first-order valence-electron chi connectivity index (χ1n) is 5.17. The molecule has 0 spiro atoms. The standard InChI is InChI=1S/C10H15F3N2O/c1-2-9-14-4-6-15(9)5-3-7-16-8-10(11,12)13/h4,6H,2-3,5,7-8H2,1H3. The van der Waals surface area contributed by atoms with E-state index in [4.69, 9.17) is 0 Å². The second kappa shape index (κ2) is 5.89.